The highest BCUT2D eigenvalue weighted by Crippen LogP contribution is 2.34. The third-order valence-corrected chi connectivity index (χ3v) is 6.65. The second-order valence-corrected chi connectivity index (χ2v) is 8.76. The van der Waals surface area contributed by atoms with Crippen LogP contribution in [0.25, 0.3) is 10.6 Å². The van der Waals surface area contributed by atoms with Gasteiger partial charge >= 0.3 is 0 Å². The monoisotopic (exact) mass is 452 g/mol. The van der Waals surface area contributed by atoms with E-state index < -0.39 is 0 Å². The number of thiazole rings is 1. The molecule has 0 bridgehead atoms. The van der Waals surface area contributed by atoms with E-state index >= 15 is 0 Å². The van der Waals surface area contributed by atoms with E-state index in [0.717, 1.165) is 54.6 Å². The molecule has 9 heteroatoms. The molecule has 8 nitrogen and oxygen atoms in total. The van der Waals surface area contributed by atoms with Crippen LogP contribution in [0.1, 0.15) is 28.2 Å². The van der Waals surface area contributed by atoms with E-state index in [4.69, 9.17) is 4.74 Å². The van der Waals surface area contributed by atoms with Gasteiger partial charge in [-0.05, 0) is 56.1 Å². The van der Waals surface area contributed by atoms with Gasteiger partial charge in [-0.2, -0.15) is 0 Å². The highest BCUT2D eigenvalue weighted by Gasteiger charge is 2.24. The first-order valence-electron chi connectivity index (χ1n) is 10.8. The molecule has 4 heterocycles. The van der Waals surface area contributed by atoms with Crippen molar-refractivity contribution < 1.29 is 9.53 Å². The molecule has 1 fully saturated rings. The summed E-state index contributed by atoms with van der Waals surface area (Å²) >= 11 is 1.33. The van der Waals surface area contributed by atoms with Gasteiger partial charge in [-0.25, -0.2) is 9.97 Å². The summed E-state index contributed by atoms with van der Waals surface area (Å²) in [5, 5.41) is 6.46. The lowest BCUT2D eigenvalue weighted by atomic mass is 9.98. The summed E-state index contributed by atoms with van der Waals surface area (Å²) in [6, 6.07) is 9.83. The van der Waals surface area contributed by atoms with Crippen molar-refractivity contribution in [2.24, 2.45) is 5.92 Å². The maximum atomic E-state index is 12.4. The Morgan fingerprint density at radius 1 is 1.19 bits per heavy atom. The molecule has 32 heavy (non-hydrogen) atoms. The number of rotatable bonds is 8. The van der Waals surface area contributed by atoms with Gasteiger partial charge in [0.25, 0.3) is 5.91 Å². The molecule has 3 aromatic rings. The minimum absolute atomic E-state index is 0.183. The van der Waals surface area contributed by atoms with Gasteiger partial charge in [0, 0.05) is 38.6 Å². The zero-order chi connectivity index (χ0) is 22.3. The lowest BCUT2D eigenvalue weighted by Gasteiger charge is -2.31. The van der Waals surface area contributed by atoms with Crippen LogP contribution in [0, 0.1) is 5.92 Å². The quantitative estimate of drug-likeness (QED) is 0.542. The van der Waals surface area contributed by atoms with Crippen molar-refractivity contribution in [1.29, 1.82) is 0 Å². The number of carbonyl (C=O) groups excluding carboxylic acids is 1. The molecule has 0 unspecified atom stereocenters. The Bertz CT molecular complexity index is 1030. The number of hydrogen-bond donors (Lipinski definition) is 2. The Kier molecular flexibility index (Phi) is 7.28. The second kappa shape index (κ2) is 10.5. The first-order chi connectivity index (χ1) is 15.7. The lowest BCUT2D eigenvalue weighted by Crippen LogP contribution is -2.35. The molecule has 1 amide bonds. The number of amides is 1. The van der Waals surface area contributed by atoms with Gasteiger partial charge in [0.05, 0.1) is 12.3 Å². The maximum Gasteiger partial charge on any atom is 0.266 e. The number of aromatic nitrogens is 3. The molecule has 0 radical (unpaired) electrons. The normalized spacial score (nSPS) is 14.8. The van der Waals surface area contributed by atoms with Crippen molar-refractivity contribution in [3.05, 3.63) is 53.3 Å². The Morgan fingerprint density at radius 3 is 2.75 bits per heavy atom. The SMILES string of the molecule is CNC(=O)c1sc(-c2ccnc(NC)c2)nc1OCC1CCN(Cc2ccccn2)CC1. The van der Waals surface area contributed by atoms with E-state index in [1.807, 2.05) is 37.5 Å². The number of anilines is 1. The Labute approximate surface area is 192 Å². The van der Waals surface area contributed by atoms with E-state index in [9.17, 15) is 4.79 Å². The van der Waals surface area contributed by atoms with Crippen molar-refractivity contribution in [3.8, 4) is 16.5 Å². The van der Waals surface area contributed by atoms with Crippen LogP contribution in [0.15, 0.2) is 42.7 Å². The summed E-state index contributed by atoms with van der Waals surface area (Å²) < 4.78 is 6.09. The van der Waals surface area contributed by atoms with E-state index in [-0.39, 0.29) is 5.91 Å². The molecular weight excluding hydrogens is 424 g/mol. The Hall–Kier alpha value is -3.04. The van der Waals surface area contributed by atoms with Crippen LogP contribution < -0.4 is 15.4 Å². The molecule has 0 saturated carbocycles. The molecule has 1 saturated heterocycles. The number of piperidine rings is 1. The first kappa shape index (κ1) is 22.2. The predicted octanol–water partition coefficient (Wildman–Crippen LogP) is 3.29. The average molecular weight is 453 g/mol. The van der Waals surface area contributed by atoms with Gasteiger partial charge < -0.3 is 15.4 Å². The molecule has 2 N–H and O–H groups in total. The maximum absolute atomic E-state index is 12.4. The molecule has 3 aromatic heterocycles. The first-order valence-corrected chi connectivity index (χ1v) is 11.6. The predicted molar refractivity (Wildman–Crippen MR) is 126 cm³/mol. The fourth-order valence-electron chi connectivity index (χ4n) is 3.71. The molecule has 0 aromatic carbocycles. The third-order valence-electron chi connectivity index (χ3n) is 5.57. The van der Waals surface area contributed by atoms with Crippen LogP contribution in [0.5, 0.6) is 5.88 Å². The fourth-order valence-corrected chi connectivity index (χ4v) is 4.67. The zero-order valence-electron chi connectivity index (χ0n) is 18.4. The van der Waals surface area contributed by atoms with Crippen molar-refractivity contribution in [2.45, 2.75) is 19.4 Å². The smallest absolute Gasteiger partial charge is 0.266 e. The molecule has 0 spiro atoms. The average Bonchev–Trinajstić information content (AvgIpc) is 3.28. The standard InChI is InChI=1S/C23H28N6O2S/c1-24-19-13-17(6-10-27-19)23-28-22(20(32-23)21(30)25-2)31-15-16-7-11-29(12-8-16)14-18-5-3-4-9-26-18/h3-6,9-10,13,16H,7-8,11-12,14-15H2,1-2H3,(H,24,27)(H,25,30). The minimum atomic E-state index is -0.183. The number of likely N-dealkylation sites (tertiary alicyclic amines) is 1. The summed E-state index contributed by atoms with van der Waals surface area (Å²) in [5.74, 6) is 1.41. The van der Waals surface area contributed by atoms with Gasteiger partial charge in [-0.15, -0.1) is 11.3 Å². The van der Waals surface area contributed by atoms with Crippen LogP contribution >= 0.6 is 11.3 Å². The van der Waals surface area contributed by atoms with Crippen molar-refractivity contribution >= 4 is 23.1 Å². The summed E-state index contributed by atoms with van der Waals surface area (Å²) in [4.78, 5) is 28.6. The van der Waals surface area contributed by atoms with Gasteiger partial charge in [0.1, 0.15) is 10.8 Å². The van der Waals surface area contributed by atoms with Crippen LogP contribution in [0.3, 0.4) is 0 Å². The largest absolute Gasteiger partial charge is 0.476 e. The number of hydrogen-bond acceptors (Lipinski definition) is 8. The van der Waals surface area contributed by atoms with Crippen LogP contribution in [0.4, 0.5) is 5.82 Å². The molecule has 4 rings (SSSR count). The summed E-state index contributed by atoms with van der Waals surface area (Å²) in [5.41, 5.74) is 2.00. The number of ether oxygens (including phenoxy) is 1. The van der Waals surface area contributed by atoms with Crippen molar-refractivity contribution in [1.82, 2.24) is 25.2 Å². The van der Waals surface area contributed by atoms with E-state index in [1.165, 1.54) is 11.3 Å². The number of nitrogens with zero attached hydrogens (tertiary/aromatic N) is 4. The topological polar surface area (TPSA) is 92.3 Å². The number of carbonyl (C=O) groups is 1. The van der Waals surface area contributed by atoms with Crippen LogP contribution in [0.2, 0.25) is 0 Å². The van der Waals surface area contributed by atoms with Gasteiger partial charge in [-0.3, -0.25) is 14.7 Å². The van der Waals surface area contributed by atoms with Gasteiger partial charge in [-0.1, -0.05) is 6.07 Å². The molecule has 0 aliphatic carbocycles. The zero-order valence-corrected chi connectivity index (χ0v) is 19.2. The number of nitrogens with one attached hydrogen (secondary N) is 2. The summed E-state index contributed by atoms with van der Waals surface area (Å²) in [6.07, 6.45) is 5.67. The van der Waals surface area contributed by atoms with Crippen molar-refractivity contribution in [2.75, 3.05) is 39.1 Å². The fraction of sp³-hybridized carbons (Fsp3) is 0.391. The summed E-state index contributed by atoms with van der Waals surface area (Å²) in [6.45, 7) is 3.46. The highest BCUT2D eigenvalue weighted by molar-refractivity contribution is 7.17. The van der Waals surface area contributed by atoms with Crippen LogP contribution in [-0.2, 0) is 6.54 Å². The van der Waals surface area contributed by atoms with Crippen molar-refractivity contribution in [3.63, 3.8) is 0 Å². The molecule has 0 atom stereocenters. The molecular formula is C23H28N6O2S. The molecule has 1 aliphatic rings. The highest BCUT2D eigenvalue weighted by atomic mass is 32.1. The second-order valence-electron chi connectivity index (χ2n) is 7.76. The third kappa shape index (κ3) is 5.41. The Morgan fingerprint density at radius 2 is 2.03 bits per heavy atom. The minimum Gasteiger partial charge on any atom is -0.476 e. The summed E-state index contributed by atoms with van der Waals surface area (Å²) in [7, 11) is 3.44. The van der Waals surface area contributed by atoms with Gasteiger partial charge in [0.2, 0.25) is 5.88 Å². The van der Waals surface area contributed by atoms with E-state index in [1.54, 1.807) is 13.2 Å². The lowest BCUT2D eigenvalue weighted by molar-refractivity contribution is 0.0958. The molecule has 168 valence electrons. The van der Waals surface area contributed by atoms with Gasteiger partial charge in [0.15, 0.2) is 4.88 Å². The molecule has 1 aliphatic heterocycles. The number of pyridine rings is 2. The van der Waals surface area contributed by atoms with E-state index in [2.05, 4.69) is 36.6 Å². The van der Waals surface area contributed by atoms with E-state index in [0.29, 0.717) is 23.3 Å². The Balaban J connectivity index is 1.38. The van der Waals surface area contributed by atoms with Crippen LogP contribution in [-0.4, -0.2) is 59.6 Å².